The number of amides is 2. The largest absolute Gasteiger partial charge is 0.415 e. The molecule has 1 aromatic rings. The van der Waals surface area contributed by atoms with E-state index in [1.807, 2.05) is 4.90 Å². The van der Waals surface area contributed by atoms with Crippen LogP contribution in [-0.4, -0.2) is 72.0 Å². The lowest BCUT2D eigenvalue weighted by Crippen LogP contribution is -2.57. The normalized spacial score (nSPS) is 22.0. The minimum atomic E-state index is -0.409. The van der Waals surface area contributed by atoms with Crippen LogP contribution in [0.5, 0.6) is 5.75 Å². The number of hydrogen-bond donors (Lipinski definition) is 0. The third-order valence-electron chi connectivity index (χ3n) is 5.94. The van der Waals surface area contributed by atoms with E-state index in [0.29, 0.717) is 23.9 Å². The van der Waals surface area contributed by atoms with E-state index < -0.39 is 6.09 Å². The van der Waals surface area contributed by atoms with Gasteiger partial charge < -0.3 is 14.5 Å². The Hall–Kier alpha value is -1.79. The van der Waals surface area contributed by atoms with E-state index >= 15 is 0 Å². The molecule has 3 aliphatic rings. The van der Waals surface area contributed by atoms with Crippen LogP contribution >= 0.6 is 11.6 Å². The summed E-state index contributed by atoms with van der Waals surface area (Å²) in [4.78, 5) is 31.1. The van der Waals surface area contributed by atoms with Crippen molar-refractivity contribution in [2.75, 3.05) is 39.3 Å². The van der Waals surface area contributed by atoms with Gasteiger partial charge in [-0.25, -0.2) is 4.79 Å². The van der Waals surface area contributed by atoms with Gasteiger partial charge in [0, 0.05) is 50.3 Å². The van der Waals surface area contributed by atoms with Gasteiger partial charge in [0.15, 0.2) is 0 Å². The maximum absolute atomic E-state index is 12.8. The van der Waals surface area contributed by atoms with Crippen LogP contribution in [0.15, 0.2) is 24.3 Å². The summed E-state index contributed by atoms with van der Waals surface area (Å²) in [7, 11) is 0. The van der Waals surface area contributed by atoms with E-state index in [-0.39, 0.29) is 11.8 Å². The third-order valence-corrected chi connectivity index (χ3v) is 6.19. The number of hydrogen-bond acceptors (Lipinski definition) is 4. The number of rotatable bonds is 3. The first-order valence-electron chi connectivity index (χ1n) is 9.85. The molecule has 4 rings (SSSR count). The minimum absolute atomic E-state index is 0.0991. The molecule has 0 unspecified atom stereocenters. The molecule has 2 amide bonds. The molecular weight excluding hydrogens is 366 g/mol. The van der Waals surface area contributed by atoms with Gasteiger partial charge in [0.1, 0.15) is 5.75 Å². The monoisotopic (exact) mass is 391 g/mol. The maximum Gasteiger partial charge on any atom is 0.415 e. The molecule has 6 nitrogen and oxygen atoms in total. The lowest BCUT2D eigenvalue weighted by molar-refractivity contribution is -0.139. The van der Waals surface area contributed by atoms with Crippen molar-refractivity contribution in [2.24, 2.45) is 5.92 Å². The van der Waals surface area contributed by atoms with Crippen LogP contribution in [0, 0.1) is 5.92 Å². The second-order valence-electron chi connectivity index (χ2n) is 7.72. The number of carbonyl (C=O) groups is 2. The zero-order valence-electron chi connectivity index (χ0n) is 15.5. The summed E-state index contributed by atoms with van der Waals surface area (Å²) >= 11 is 5.83. The van der Waals surface area contributed by atoms with Crippen molar-refractivity contribution in [2.45, 2.75) is 31.7 Å². The van der Waals surface area contributed by atoms with Gasteiger partial charge in [-0.2, -0.15) is 0 Å². The van der Waals surface area contributed by atoms with Gasteiger partial charge >= 0.3 is 6.09 Å². The summed E-state index contributed by atoms with van der Waals surface area (Å²) in [5.41, 5.74) is 0. The molecule has 0 spiro atoms. The number of benzene rings is 1. The van der Waals surface area contributed by atoms with Crippen LogP contribution in [0.3, 0.4) is 0 Å². The molecule has 146 valence electrons. The first-order chi connectivity index (χ1) is 13.1. The fourth-order valence-electron chi connectivity index (χ4n) is 3.98. The molecule has 0 radical (unpaired) electrons. The minimum Gasteiger partial charge on any atom is -0.410 e. The number of nitrogens with zero attached hydrogens (tertiary/aromatic N) is 3. The zero-order valence-corrected chi connectivity index (χ0v) is 16.2. The number of halogens is 1. The first-order valence-corrected chi connectivity index (χ1v) is 10.2. The first kappa shape index (κ1) is 18.6. The Morgan fingerprint density at radius 2 is 1.67 bits per heavy atom. The van der Waals surface area contributed by atoms with Crippen molar-refractivity contribution in [1.82, 2.24) is 14.7 Å². The van der Waals surface area contributed by atoms with Crippen LogP contribution < -0.4 is 4.74 Å². The summed E-state index contributed by atoms with van der Waals surface area (Å²) in [5, 5.41) is 0.595. The van der Waals surface area contributed by atoms with Crippen LogP contribution in [0.25, 0.3) is 0 Å². The summed E-state index contributed by atoms with van der Waals surface area (Å²) in [6.45, 7) is 4.58. The van der Waals surface area contributed by atoms with Crippen LogP contribution in [0.2, 0.25) is 5.02 Å². The van der Waals surface area contributed by atoms with Crippen molar-refractivity contribution in [3.05, 3.63) is 29.3 Å². The molecule has 1 aliphatic carbocycles. The molecule has 0 aromatic heterocycles. The van der Waals surface area contributed by atoms with E-state index in [2.05, 4.69) is 4.90 Å². The van der Waals surface area contributed by atoms with Crippen molar-refractivity contribution in [1.29, 1.82) is 0 Å². The molecular formula is C20H26ClN3O3. The number of ether oxygens (including phenoxy) is 1. The van der Waals surface area contributed by atoms with Gasteiger partial charge in [0.25, 0.3) is 0 Å². The predicted octanol–water partition coefficient (Wildman–Crippen LogP) is 2.86. The Bertz CT molecular complexity index is 686. The fraction of sp³-hybridized carbons (Fsp3) is 0.600. The van der Waals surface area contributed by atoms with E-state index in [0.717, 1.165) is 38.6 Å². The Kier molecular flexibility index (Phi) is 5.55. The predicted molar refractivity (Wildman–Crippen MR) is 103 cm³/mol. The quantitative estimate of drug-likeness (QED) is 0.795. The molecule has 27 heavy (non-hydrogen) atoms. The van der Waals surface area contributed by atoms with Crippen molar-refractivity contribution >= 4 is 23.6 Å². The van der Waals surface area contributed by atoms with Crippen molar-refractivity contribution in [3.63, 3.8) is 0 Å². The SMILES string of the molecule is O=C(Oc1ccc(Cl)cc1)N1CC(C(=O)N2CCCN(C3CCC3)CC2)C1. The molecule has 2 heterocycles. The van der Waals surface area contributed by atoms with E-state index in [4.69, 9.17) is 16.3 Å². The second kappa shape index (κ2) is 8.07. The summed E-state index contributed by atoms with van der Waals surface area (Å²) in [6, 6.07) is 7.42. The molecule has 3 fully saturated rings. The highest BCUT2D eigenvalue weighted by Crippen LogP contribution is 2.26. The Morgan fingerprint density at radius 3 is 2.33 bits per heavy atom. The standard InChI is InChI=1S/C20H26ClN3O3/c21-16-5-7-18(8-6-16)27-20(26)24-13-15(14-24)19(25)23-10-2-9-22(11-12-23)17-3-1-4-17/h5-8,15,17H,1-4,9-14H2. The van der Waals surface area contributed by atoms with Gasteiger partial charge in [0.2, 0.25) is 5.91 Å². The van der Waals surface area contributed by atoms with E-state index in [9.17, 15) is 9.59 Å². The maximum atomic E-state index is 12.8. The summed E-state index contributed by atoms with van der Waals surface area (Å²) < 4.78 is 5.32. The number of carbonyl (C=O) groups excluding carboxylic acids is 2. The van der Waals surface area contributed by atoms with Gasteiger partial charge in [0.05, 0.1) is 5.92 Å². The van der Waals surface area contributed by atoms with E-state index in [1.165, 1.54) is 19.3 Å². The van der Waals surface area contributed by atoms with Crippen LogP contribution in [0.1, 0.15) is 25.7 Å². The lowest BCUT2D eigenvalue weighted by atomic mass is 9.91. The Labute approximate surface area is 165 Å². The van der Waals surface area contributed by atoms with Gasteiger partial charge in [-0.1, -0.05) is 18.0 Å². The average molecular weight is 392 g/mol. The average Bonchev–Trinajstić information content (AvgIpc) is 2.80. The summed E-state index contributed by atoms with van der Waals surface area (Å²) in [5.74, 6) is 0.543. The third kappa shape index (κ3) is 4.22. The van der Waals surface area contributed by atoms with Crippen LogP contribution in [-0.2, 0) is 4.79 Å². The van der Waals surface area contributed by atoms with Gasteiger partial charge in [-0.05, 0) is 43.5 Å². The molecule has 7 heteroatoms. The lowest BCUT2D eigenvalue weighted by Gasteiger charge is -2.40. The molecule has 2 saturated heterocycles. The zero-order chi connectivity index (χ0) is 18.8. The highest BCUT2D eigenvalue weighted by Gasteiger charge is 2.39. The highest BCUT2D eigenvalue weighted by molar-refractivity contribution is 6.30. The Balaban J connectivity index is 1.23. The number of likely N-dealkylation sites (tertiary alicyclic amines) is 1. The van der Waals surface area contributed by atoms with Crippen molar-refractivity contribution in [3.8, 4) is 5.75 Å². The van der Waals surface area contributed by atoms with Crippen molar-refractivity contribution < 1.29 is 14.3 Å². The van der Waals surface area contributed by atoms with E-state index in [1.54, 1.807) is 29.2 Å². The molecule has 1 aromatic carbocycles. The molecule has 1 saturated carbocycles. The molecule has 0 N–H and O–H groups in total. The van der Waals surface area contributed by atoms with Crippen LogP contribution in [0.4, 0.5) is 4.79 Å². The molecule has 2 aliphatic heterocycles. The topological polar surface area (TPSA) is 53.1 Å². The second-order valence-corrected chi connectivity index (χ2v) is 8.16. The molecule has 0 atom stereocenters. The fourth-order valence-corrected chi connectivity index (χ4v) is 4.11. The van der Waals surface area contributed by atoms with Gasteiger partial charge in [-0.15, -0.1) is 0 Å². The van der Waals surface area contributed by atoms with Gasteiger partial charge in [-0.3, -0.25) is 9.69 Å². The summed E-state index contributed by atoms with van der Waals surface area (Å²) in [6.07, 6.45) is 4.58. The molecule has 0 bridgehead atoms. The smallest absolute Gasteiger partial charge is 0.410 e. The highest BCUT2D eigenvalue weighted by atomic mass is 35.5. The Morgan fingerprint density at radius 1 is 0.926 bits per heavy atom.